The molecule has 0 saturated carbocycles. The molecule has 0 rings (SSSR count). The Bertz CT molecular complexity index is 341. The molecule has 0 aromatic heterocycles. The summed E-state index contributed by atoms with van der Waals surface area (Å²) in [5.74, 6) is -0.557. The van der Waals surface area contributed by atoms with Crippen molar-refractivity contribution in [3.8, 4) is 6.07 Å². The average Bonchev–Trinajstić information content (AvgIpc) is 2.22. The van der Waals surface area contributed by atoms with Crippen LogP contribution in [0.3, 0.4) is 0 Å². The molecule has 0 radical (unpaired) electrons. The molecule has 102 valence electrons. The predicted octanol–water partition coefficient (Wildman–Crippen LogP) is 1.70. The molecule has 0 aromatic carbocycles. The van der Waals surface area contributed by atoms with E-state index in [0.717, 1.165) is 4.90 Å². The van der Waals surface area contributed by atoms with E-state index >= 15 is 0 Å². The molecular formula is C12H20N2O4. The molecule has 0 aliphatic rings. The molecule has 1 amide bonds. The zero-order valence-corrected chi connectivity index (χ0v) is 11.5. The second kappa shape index (κ2) is 6.84. The van der Waals surface area contributed by atoms with Crippen molar-refractivity contribution in [3.05, 3.63) is 0 Å². The third-order valence-electron chi connectivity index (χ3n) is 1.96. The topological polar surface area (TPSA) is 79.6 Å². The number of ether oxygens (including phenoxy) is 2. The first-order valence-corrected chi connectivity index (χ1v) is 5.76. The SMILES string of the molecule is CCOC(=O)[C@H](C)N(CC#N)C(=O)OC(C)(C)C. The maximum atomic E-state index is 11.8. The largest absolute Gasteiger partial charge is 0.464 e. The van der Waals surface area contributed by atoms with Crippen LogP contribution in [0.25, 0.3) is 0 Å². The maximum absolute atomic E-state index is 11.8. The zero-order valence-electron chi connectivity index (χ0n) is 11.5. The van der Waals surface area contributed by atoms with Gasteiger partial charge in [-0.1, -0.05) is 0 Å². The molecule has 6 nitrogen and oxygen atoms in total. The van der Waals surface area contributed by atoms with Crippen molar-refractivity contribution in [2.24, 2.45) is 0 Å². The normalized spacial score (nSPS) is 12.2. The zero-order chi connectivity index (χ0) is 14.3. The van der Waals surface area contributed by atoms with Gasteiger partial charge in [0.1, 0.15) is 18.2 Å². The van der Waals surface area contributed by atoms with Gasteiger partial charge in [0.2, 0.25) is 0 Å². The van der Waals surface area contributed by atoms with Crippen LogP contribution in [0.15, 0.2) is 0 Å². The van der Waals surface area contributed by atoms with Crippen molar-refractivity contribution < 1.29 is 19.1 Å². The lowest BCUT2D eigenvalue weighted by Crippen LogP contribution is -2.46. The molecule has 0 aliphatic carbocycles. The molecule has 0 fully saturated rings. The minimum absolute atomic E-state index is 0.220. The van der Waals surface area contributed by atoms with Crippen molar-refractivity contribution in [3.63, 3.8) is 0 Å². The minimum atomic E-state index is -0.848. The highest BCUT2D eigenvalue weighted by Gasteiger charge is 2.30. The molecule has 0 saturated heterocycles. The fraction of sp³-hybridized carbons (Fsp3) is 0.750. The van der Waals surface area contributed by atoms with Gasteiger partial charge in [-0.15, -0.1) is 0 Å². The van der Waals surface area contributed by atoms with Gasteiger partial charge in [0.25, 0.3) is 0 Å². The number of nitriles is 1. The van der Waals surface area contributed by atoms with Gasteiger partial charge >= 0.3 is 12.1 Å². The molecule has 6 heteroatoms. The summed E-state index contributed by atoms with van der Waals surface area (Å²) in [5, 5.41) is 8.69. The van der Waals surface area contributed by atoms with Crippen molar-refractivity contribution in [1.82, 2.24) is 4.90 Å². The molecule has 0 bridgehead atoms. The number of esters is 1. The number of amides is 1. The monoisotopic (exact) mass is 256 g/mol. The highest BCUT2D eigenvalue weighted by molar-refractivity contribution is 5.81. The van der Waals surface area contributed by atoms with Crippen LogP contribution in [0, 0.1) is 11.3 Å². The quantitative estimate of drug-likeness (QED) is 0.565. The van der Waals surface area contributed by atoms with Gasteiger partial charge in [-0.2, -0.15) is 5.26 Å². The van der Waals surface area contributed by atoms with E-state index in [9.17, 15) is 9.59 Å². The number of rotatable bonds is 4. The standard InChI is InChI=1S/C12H20N2O4/c1-6-17-10(15)9(2)14(8-7-13)11(16)18-12(3,4)5/h9H,6,8H2,1-5H3/t9-/m0/s1. The summed E-state index contributed by atoms with van der Waals surface area (Å²) in [6.07, 6.45) is -0.704. The molecule has 0 aromatic rings. The smallest absolute Gasteiger partial charge is 0.411 e. The number of hydrogen-bond donors (Lipinski definition) is 0. The first-order chi connectivity index (χ1) is 8.22. The molecule has 0 heterocycles. The fourth-order valence-corrected chi connectivity index (χ4v) is 1.15. The first-order valence-electron chi connectivity index (χ1n) is 5.76. The first kappa shape index (κ1) is 16.2. The molecular weight excluding hydrogens is 236 g/mol. The summed E-state index contributed by atoms with van der Waals surface area (Å²) in [7, 11) is 0. The van der Waals surface area contributed by atoms with E-state index in [1.54, 1.807) is 27.7 Å². The molecule has 0 aliphatic heterocycles. The van der Waals surface area contributed by atoms with Crippen molar-refractivity contribution in [1.29, 1.82) is 5.26 Å². The van der Waals surface area contributed by atoms with E-state index in [1.165, 1.54) is 6.92 Å². The van der Waals surface area contributed by atoms with E-state index in [0.29, 0.717) is 0 Å². The van der Waals surface area contributed by atoms with Gasteiger partial charge in [-0.05, 0) is 34.6 Å². The van der Waals surface area contributed by atoms with Gasteiger partial charge in [-0.3, -0.25) is 4.90 Å². The Balaban J connectivity index is 4.80. The van der Waals surface area contributed by atoms with Crippen molar-refractivity contribution in [2.75, 3.05) is 13.2 Å². The summed E-state index contributed by atoms with van der Waals surface area (Å²) in [6.45, 7) is 8.30. The Labute approximate surface area is 107 Å². The summed E-state index contributed by atoms with van der Waals surface area (Å²) in [4.78, 5) is 24.4. The second-order valence-corrected chi connectivity index (χ2v) is 4.69. The van der Waals surface area contributed by atoms with Crippen LogP contribution in [0.1, 0.15) is 34.6 Å². The van der Waals surface area contributed by atoms with Crippen LogP contribution >= 0.6 is 0 Å². The third kappa shape index (κ3) is 5.53. The van der Waals surface area contributed by atoms with Gasteiger partial charge < -0.3 is 9.47 Å². The minimum Gasteiger partial charge on any atom is -0.464 e. The molecule has 18 heavy (non-hydrogen) atoms. The van der Waals surface area contributed by atoms with E-state index < -0.39 is 23.7 Å². The van der Waals surface area contributed by atoms with Gasteiger partial charge in [0.05, 0.1) is 12.7 Å². The lowest BCUT2D eigenvalue weighted by atomic mass is 10.2. The Morgan fingerprint density at radius 2 is 1.94 bits per heavy atom. The number of hydrogen-bond acceptors (Lipinski definition) is 5. The average molecular weight is 256 g/mol. The summed E-state index contributed by atoms with van der Waals surface area (Å²) in [5.41, 5.74) is -0.681. The highest BCUT2D eigenvalue weighted by atomic mass is 16.6. The molecule has 0 N–H and O–H groups in total. The lowest BCUT2D eigenvalue weighted by molar-refractivity contribution is -0.148. The van der Waals surface area contributed by atoms with Crippen LogP contribution in [-0.4, -0.2) is 41.8 Å². The van der Waals surface area contributed by atoms with Crippen molar-refractivity contribution in [2.45, 2.75) is 46.3 Å². The van der Waals surface area contributed by atoms with E-state index in [4.69, 9.17) is 14.7 Å². The number of nitrogens with zero attached hydrogens (tertiary/aromatic N) is 2. The molecule has 0 spiro atoms. The molecule has 0 unspecified atom stereocenters. The summed E-state index contributed by atoms with van der Waals surface area (Å²) < 4.78 is 9.94. The Hall–Kier alpha value is -1.77. The van der Waals surface area contributed by atoms with Gasteiger partial charge in [0, 0.05) is 0 Å². The Kier molecular flexibility index (Phi) is 6.17. The van der Waals surface area contributed by atoms with E-state index in [2.05, 4.69) is 0 Å². The molecule has 1 atom stereocenters. The van der Waals surface area contributed by atoms with Crippen LogP contribution < -0.4 is 0 Å². The predicted molar refractivity (Wildman–Crippen MR) is 64.6 cm³/mol. The number of carbonyl (C=O) groups excluding carboxylic acids is 2. The van der Waals surface area contributed by atoms with Crippen LogP contribution in [-0.2, 0) is 14.3 Å². The summed E-state index contributed by atoms with van der Waals surface area (Å²) >= 11 is 0. The van der Waals surface area contributed by atoms with Crippen LogP contribution in [0.2, 0.25) is 0 Å². The van der Waals surface area contributed by atoms with Gasteiger partial charge in [0.15, 0.2) is 0 Å². The Morgan fingerprint density at radius 3 is 2.33 bits per heavy atom. The van der Waals surface area contributed by atoms with Crippen LogP contribution in [0.5, 0.6) is 0 Å². The fourth-order valence-electron chi connectivity index (χ4n) is 1.15. The van der Waals surface area contributed by atoms with Crippen LogP contribution in [0.4, 0.5) is 4.79 Å². The highest BCUT2D eigenvalue weighted by Crippen LogP contribution is 2.12. The van der Waals surface area contributed by atoms with E-state index in [-0.39, 0.29) is 13.2 Å². The van der Waals surface area contributed by atoms with E-state index in [1.807, 2.05) is 6.07 Å². The number of carbonyl (C=O) groups is 2. The Morgan fingerprint density at radius 1 is 1.39 bits per heavy atom. The summed E-state index contributed by atoms with van der Waals surface area (Å²) in [6, 6.07) is 0.982. The van der Waals surface area contributed by atoms with Gasteiger partial charge in [-0.25, -0.2) is 9.59 Å². The second-order valence-electron chi connectivity index (χ2n) is 4.69. The maximum Gasteiger partial charge on any atom is 0.411 e. The lowest BCUT2D eigenvalue weighted by Gasteiger charge is -2.28. The third-order valence-corrected chi connectivity index (χ3v) is 1.96. The van der Waals surface area contributed by atoms with Crippen molar-refractivity contribution >= 4 is 12.1 Å².